The van der Waals surface area contributed by atoms with E-state index in [0.29, 0.717) is 19.3 Å². The predicted octanol–water partition coefficient (Wildman–Crippen LogP) is 1.78. The summed E-state index contributed by atoms with van der Waals surface area (Å²) in [5, 5.41) is 0. The number of carbonyl (C=O) groups is 1. The molecular weight excluding hydrogens is 152 g/mol. The summed E-state index contributed by atoms with van der Waals surface area (Å²) in [5.74, 6) is 2.68. The number of hydrogen-bond acceptors (Lipinski definition) is 2. The molecule has 0 aromatic rings. The monoisotopic (exact) mass is 168 g/mol. The summed E-state index contributed by atoms with van der Waals surface area (Å²) in [7, 11) is 1.65. The molecule has 0 saturated carbocycles. The van der Waals surface area contributed by atoms with E-state index in [1.54, 1.807) is 7.11 Å². The summed E-state index contributed by atoms with van der Waals surface area (Å²) in [6.07, 6.45) is 7.63. The molecule has 1 unspecified atom stereocenters. The Balaban J connectivity index is 3.38. The second kappa shape index (κ2) is 6.87. The molecule has 2 nitrogen and oxygen atoms in total. The molecule has 0 bridgehead atoms. The first-order valence-electron chi connectivity index (χ1n) is 4.18. The number of ketones is 1. The SMILES string of the molecule is C#CCCC(=O)CCC(C)OC. The van der Waals surface area contributed by atoms with Crippen LogP contribution in [0.4, 0.5) is 0 Å². The lowest BCUT2D eigenvalue weighted by atomic mass is 10.1. The molecule has 2 heteroatoms. The lowest BCUT2D eigenvalue weighted by Crippen LogP contribution is -2.08. The van der Waals surface area contributed by atoms with E-state index in [1.165, 1.54) is 0 Å². The van der Waals surface area contributed by atoms with Gasteiger partial charge in [0.2, 0.25) is 0 Å². The second-order valence-corrected chi connectivity index (χ2v) is 2.83. The molecule has 12 heavy (non-hydrogen) atoms. The van der Waals surface area contributed by atoms with Crippen molar-refractivity contribution in [1.29, 1.82) is 0 Å². The topological polar surface area (TPSA) is 26.3 Å². The Morgan fingerprint density at radius 2 is 2.25 bits per heavy atom. The molecule has 0 aliphatic heterocycles. The first-order chi connectivity index (χ1) is 5.70. The Kier molecular flexibility index (Phi) is 6.41. The third-order valence-electron chi connectivity index (χ3n) is 1.78. The molecule has 0 N–H and O–H groups in total. The fraction of sp³-hybridized carbons (Fsp3) is 0.700. The van der Waals surface area contributed by atoms with E-state index in [0.717, 1.165) is 6.42 Å². The van der Waals surface area contributed by atoms with Crippen LogP contribution in [0.3, 0.4) is 0 Å². The molecule has 68 valence electrons. The van der Waals surface area contributed by atoms with Crippen LogP contribution in [-0.2, 0) is 9.53 Å². The smallest absolute Gasteiger partial charge is 0.133 e. The van der Waals surface area contributed by atoms with Gasteiger partial charge in [0.05, 0.1) is 6.10 Å². The minimum absolute atomic E-state index is 0.166. The first-order valence-corrected chi connectivity index (χ1v) is 4.18. The fourth-order valence-electron chi connectivity index (χ4n) is 0.819. The quantitative estimate of drug-likeness (QED) is 0.565. The van der Waals surface area contributed by atoms with Crippen molar-refractivity contribution in [1.82, 2.24) is 0 Å². The molecule has 0 radical (unpaired) electrons. The first kappa shape index (κ1) is 11.2. The van der Waals surface area contributed by atoms with Crippen LogP contribution in [0.25, 0.3) is 0 Å². The van der Waals surface area contributed by atoms with Crippen molar-refractivity contribution in [2.75, 3.05) is 7.11 Å². The molecular formula is C10H16O2. The second-order valence-electron chi connectivity index (χ2n) is 2.83. The molecule has 0 amide bonds. The summed E-state index contributed by atoms with van der Waals surface area (Å²) in [4.78, 5) is 11.1. The van der Waals surface area contributed by atoms with Crippen LogP contribution in [-0.4, -0.2) is 19.0 Å². The van der Waals surface area contributed by atoms with Crippen molar-refractivity contribution in [3.63, 3.8) is 0 Å². The van der Waals surface area contributed by atoms with Gasteiger partial charge in [-0.3, -0.25) is 4.79 Å². The number of Topliss-reactive ketones (excluding diaryl/α,β-unsaturated/α-hetero) is 1. The van der Waals surface area contributed by atoms with Gasteiger partial charge in [-0.15, -0.1) is 12.3 Å². The number of terminal acetylenes is 1. The molecule has 0 aromatic carbocycles. The highest BCUT2D eigenvalue weighted by atomic mass is 16.5. The summed E-state index contributed by atoms with van der Waals surface area (Å²) in [6, 6.07) is 0. The minimum atomic E-state index is 0.166. The number of hydrogen-bond donors (Lipinski definition) is 0. The van der Waals surface area contributed by atoms with E-state index < -0.39 is 0 Å². The molecule has 0 saturated heterocycles. The zero-order chi connectivity index (χ0) is 9.40. The number of ether oxygens (including phenoxy) is 1. The third-order valence-corrected chi connectivity index (χ3v) is 1.78. The average Bonchev–Trinajstić information content (AvgIpc) is 2.10. The van der Waals surface area contributed by atoms with E-state index in [9.17, 15) is 4.79 Å². The molecule has 0 aliphatic carbocycles. The minimum Gasteiger partial charge on any atom is -0.382 e. The molecule has 0 rings (SSSR count). The average molecular weight is 168 g/mol. The van der Waals surface area contributed by atoms with Gasteiger partial charge < -0.3 is 4.74 Å². The van der Waals surface area contributed by atoms with Gasteiger partial charge in [-0.25, -0.2) is 0 Å². The maximum Gasteiger partial charge on any atom is 0.133 e. The zero-order valence-electron chi connectivity index (χ0n) is 7.80. The van der Waals surface area contributed by atoms with Crippen LogP contribution in [0, 0.1) is 12.3 Å². The lowest BCUT2D eigenvalue weighted by molar-refractivity contribution is -0.119. The van der Waals surface area contributed by atoms with E-state index in [2.05, 4.69) is 5.92 Å². The van der Waals surface area contributed by atoms with E-state index in [1.807, 2.05) is 6.92 Å². The maximum atomic E-state index is 11.1. The summed E-state index contributed by atoms with van der Waals surface area (Å²) >= 11 is 0. The van der Waals surface area contributed by atoms with Crippen molar-refractivity contribution in [3.05, 3.63) is 0 Å². The lowest BCUT2D eigenvalue weighted by Gasteiger charge is -2.07. The van der Waals surface area contributed by atoms with Crippen LogP contribution in [0.5, 0.6) is 0 Å². The van der Waals surface area contributed by atoms with E-state index in [4.69, 9.17) is 11.2 Å². The number of methoxy groups -OCH3 is 1. The molecule has 1 atom stereocenters. The van der Waals surface area contributed by atoms with Crippen molar-refractivity contribution >= 4 is 5.78 Å². The highest BCUT2D eigenvalue weighted by Gasteiger charge is 2.04. The van der Waals surface area contributed by atoms with Gasteiger partial charge in [0.25, 0.3) is 0 Å². The largest absolute Gasteiger partial charge is 0.382 e. The molecule has 0 fully saturated rings. The fourth-order valence-corrected chi connectivity index (χ4v) is 0.819. The Bertz CT molecular complexity index is 167. The Morgan fingerprint density at radius 3 is 2.75 bits per heavy atom. The van der Waals surface area contributed by atoms with Crippen molar-refractivity contribution < 1.29 is 9.53 Å². The van der Waals surface area contributed by atoms with E-state index >= 15 is 0 Å². The summed E-state index contributed by atoms with van der Waals surface area (Å²) in [6.45, 7) is 1.95. The van der Waals surface area contributed by atoms with Crippen LogP contribution < -0.4 is 0 Å². The Labute approximate surface area is 74.3 Å². The number of rotatable bonds is 6. The van der Waals surface area contributed by atoms with Gasteiger partial charge in [-0.2, -0.15) is 0 Å². The maximum absolute atomic E-state index is 11.1. The highest BCUT2D eigenvalue weighted by Crippen LogP contribution is 2.03. The van der Waals surface area contributed by atoms with Gasteiger partial charge in [0.1, 0.15) is 5.78 Å². The van der Waals surface area contributed by atoms with Gasteiger partial charge in [-0.1, -0.05) is 0 Å². The molecule has 0 aromatic heterocycles. The zero-order valence-corrected chi connectivity index (χ0v) is 7.80. The highest BCUT2D eigenvalue weighted by molar-refractivity contribution is 5.78. The van der Waals surface area contributed by atoms with Crippen LogP contribution >= 0.6 is 0 Å². The van der Waals surface area contributed by atoms with E-state index in [-0.39, 0.29) is 11.9 Å². The Morgan fingerprint density at radius 1 is 1.58 bits per heavy atom. The normalized spacial score (nSPS) is 12.1. The van der Waals surface area contributed by atoms with Gasteiger partial charge in [-0.05, 0) is 13.3 Å². The third kappa shape index (κ3) is 5.94. The molecule has 0 spiro atoms. The van der Waals surface area contributed by atoms with Gasteiger partial charge in [0.15, 0.2) is 0 Å². The predicted molar refractivity (Wildman–Crippen MR) is 48.8 cm³/mol. The van der Waals surface area contributed by atoms with Crippen molar-refractivity contribution in [3.8, 4) is 12.3 Å². The van der Waals surface area contributed by atoms with Crippen molar-refractivity contribution in [2.24, 2.45) is 0 Å². The Hall–Kier alpha value is -0.810. The number of carbonyl (C=O) groups excluding carboxylic acids is 1. The van der Waals surface area contributed by atoms with Gasteiger partial charge in [0, 0.05) is 26.4 Å². The standard InChI is InChI=1S/C10H16O2/c1-4-5-6-10(11)8-7-9(2)12-3/h1,9H,5-8H2,2-3H3. The van der Waals surface area contributed by atoms with Crippen LogP contribution in [0.2, 0.25) is 0 Å². The van der Waals surface area contributed by atoms with Crippen molar-refractivity contribution in [2.45, 2.75) is 38.7 Å². The van der Waals surface area contributed by atoms with Crippen LogP contribution in [0.15, 0.2) is 0 Å². The molecule has 0 heterocycles. The van der Waals surface area contributed by atoms with Gasteiger partial charge >= 0.3 is 0 Å². The summed E-state index contributed by atoms with van der Waals surface area (Å²) < 4.78 is 5.01. The summed E-state index contributed by atoms with van der Waals surface area (Å²) in [5.41, 5.74) is 0. The molecule has 0 aliphatic rings. The van der Waals surface area contributed by atoms with Crippen LogP contribution in [0.1, 0.15) is 32.6 Å².